The molecule has 0 saturated carbocycles. The third-order valence-corrected chi connectivity index (χ3v) is 0. The second kappa shape index (κ2) is 70.0. The first-order chi connectivity index (χ1) is 0. The largest absolute Gasteiger partial charge is 5.00 e. The monoisotopic (exact) mass is 420 g/mol. The molecular weight excluding hydrogens is 420 g/mol. The fraction of sp³-hybridized carbons (Fsp3) is 0. The third-order valence-electron chi connectivity index (χ3n) is 0. The summed E-state index contributed by atoms with van der Waals surface area (Å²) in [6.45, 7) is 0. The summed E-state index contributed by atoms with van der Waals surface area (Å²) in [5.41, 5.74) is 0. The van der Waals surface area contributed by atoms with Gasteiger partial charge in [0.15, 0.2) is 0 Å². The predicted molar refractivity (Wildman–Crippen MR) is 2.75 cm³/mol. The minimum absolute atomic E-state index is 0. The maximum Gasteiger partial charge on any atom is 5.00 e. The molecular formula is LuO4Ta. The van der Waals surface area contributed by atoms with Gasteiger partial charge in [-0.1, -0.05) is 0 Å². The van der Waals surface area contributed by atoms with E-state index in [2.05, 4.69) is 0 Å². The molecule has 0 amide bonds. The standard InChI is InChI=1S/Lu.4O.Ta/q+3;4*-2;+5. The zero-order chi connectivity index (χ0) is 0. The SMILES string of the molecule is [Lu+3].[O-2].[O-2].[O-2].[O-2].[Ta+5]. The van der Waals surface area contributed by atoms with E-state index >= 15 is 0 Å². The van der Waals surface area contributed by atoms with Gasteiger partial charge in [0.1, 0.15) is 0 Å². The zero-order valence-corrected chi connectivity index (χ0v) is 7.21. The summed E-state index contributed by atoms with van der Waals surface area (Å²) >= 11 is 0. The van der Waals surface area contributed by atoms with E-state index in [1.165, 1.54) is 0 Å². The topological polar surface area (TPSA) is 114 Å². The Morgan fingerprint density at radius 3 is 0.500 bits per heavy atom. The van der Waals surface area contributed by atoms with Crippen LogP contribution in [-0.4, -0.2) is 0 Å². The van der Waals surface area contributed by atoms with E-state index in [0.29, 0.717) is 0 Å². The van der Waals surface area contributed by atoms with Crippen LogP contribution in [0.25, 0.3) is 0 Å². The van der Waals surface area contributed by atoms with Crippen LogP contribution in [0.1, 0.15) is 0 Å². The van der Waals surface area contributed by atoms with Crippen molar-refractivity contribution >= 4 is 0 Å². The summed E-state index contributed by atoms with van der Waals surface area (Å²) in [6, 6.07) is 0. The molecule has 0 unspecified atom stereocenters. The maximum absolute atomic E-state index is 0. The Bertz CT molecular complexity index is 7.51. The van der Waals surface area contributed by atoms with Crippen molar-refractivity contribution in [3.63, 3.8) is 0 Å². The smallest absolute Gasteiger partial charge is 2.00 e. The summed E-state index contributed by atoms with van der Waals surface area (Å²) in [6.07, 6.45) is 0. The second-order valence-corrected chi connectivity index (χ2v) is 0. The van der Waals surface area contributed by atoms with Crippen LogP contribution in [0.5, 0.6) is 0 Å². The molecule has 0 spiro atoms. The Morgan fingerprint density at radius 1 is 0.500 bits per heavy atom. The van der Waals surface area contributed by atoms with Gasteiger partial charge in [-0.25, -0.2) is 0 Å². The first-order valence-electron chi connectivity index (χ1n) is 0. The van der Waals surface area contributed by atoms with E-state index in [4.69, 9.17) is 0 Å². The molecule has 0 rings (SSSR count). The number of rotatable bonds is 0. The normalized spacial score (nSPS) is 0. The van der Waals surface area contributed by atoms with Crippen LogP contribution in [0.15, 0.2) is 0 Å². The summed E-state index contributed by atoms with van der Waals surface area (Å²) in [5.74, 6) is 0. The van der Waals surface area contributed by atoms with Crippen molar-refractivity contribution in [1.29, 1.82) is 0 Å². The zero-order valence-electron chi connectivity index (χ0n) is 2.34. The third kappa shape index (κ3) is 40.9. The molecule has 0 atom stereocenters. The van der Waals surface area contributed by atoms with Gasteiger partial charge in [0.2, 0.25) is 0 Å². The number of hydrogen-bond acceptors (Lipinski definition) is 0. The molecule has 0 aromatic carbocycles. The van der Waals surface area contributed by atoms with Crippen molar-refractivity contribution in [2.45, 2.75) is 0 Å². The Hall–Kier alpha value is 1.81. The summed E-state index contributed by atoms with van der Waals surface area (Å²) in [5, 5.41) is 0. The van der Waals surface area contributed by atoms with Crippen LogP contribution >= 0.6 is 0 Å². The van der Waals surface area contributed by atoms with Crippen molar-refractivity contribution in [3.8, 4) is 0 Å². The van der Waals surface area contributed by atoms with Gasteiger partial charge in [-0.2, -0.15) is 0 Å². The fourth-order valence-corrected chi connectivity index (χ4v) is 0. The molecule has 0 aliphatic carbocycles. The average Bonchev–Trinajstić information content (AvgIpc) is 0. The Kier molecular flexibility index (Phi) is 1290. The fourth-order valence-electron chi connectivity index (χ4n) is 0. The van der Waals surface area contributed by atoms with E-state index in [9.17, 15) is 0 Å². The van der Waals surface area contributed by atoms with E-state index in [1.807, 2.05) is 0 Å². The number of hydrogen-bond donors (Lipinski definition) is 0. The second-order valence-electron chi connectivity index (χ2n) is 0. The van der Waals surface area contributed by atoms with Gasteiger partial charge in [0, 0.05) is 0 Å². The van der Waals surface area contributed by atoms with Crippen LogP contribution in [0.4, 0.5) is 0 Å². The molecule has 44 valence electrons. The van der Waals surface area contributed by atoms with E-state index in [0.717, 1.165) is 0 Å². The summed E-state index contributed by atoms with van der Waals surface area (Å²) < 4.78 is 0. The van der Waals surface area contributed by atoms with Crippen LogP contribution in [0, 0.1) is 36.9 Å². The Morgan fingerprint density at radius 2 is 0.500 bits per heavy atom. The summed E-state index contributed by atoms with van der Waals surface area (Å²) in [4.78, 5) is 0. The minimum atomic E-state index is 0. The first kappa shape index (κ1) is 110. The molecule has 0 heterocycles. The van der Waals surface area contributed by atoms with Crippen LogP contribution in [-0.2, 0) is 44.3 Å². The van der Waals surface area contributed by atoms with E-state index in [1.54, 1.807) is 0 Å². The average molecular weight is 420 g/mol. The molecule has 4 nitrogen and oxygen atoms in total. The van der Waals surface area contributed by atoms with Gasteiger partial charge in [0.05, 0.1) is 0 Å². The molecule has 0 radical (unpaired) electrons. The van der Waals surface area contributed by atoms with Gasteiger partial charge >= 0.3 is 59.3 Å². The molecule has 0 N–H and O–H groups in total. The molecule has 0 aliphatic heterocycles. The quantitative estimate of drug-likeness (QED) is 0.505. The van der Waals surface area contributed by atoms with Crippen molar-refractivity contribution in [2.24, 2.45) is 0 Å². The molecule has 6 heteroatoms. The first-order valence-corrected chi connectivity index (χ1v) is 0. The Balaban J connectivity index is 0. The van der Waals surface area contributed by atoms with Crippen molar-refractivity contribution in [1.82, 2.24) is 0 Å². The van der Waals surface area contributed by atoms with Crippen LogP contribution < -0.4 is 0 Å². The molecule has 6 heavy (non-hydrogen) atoms. The van der Waals surface area contributed by atoms with Gasteiger partial charge in [-0.3, -0.25) is 0 Å². The molecule has 0 aromatic heterocycles. The molecule has 0 fully saturated rings. The van der Waals surface area contributed by atoms with Gasteiger partial charge < -0.3 is 21.9 Å². The predicted octanol–water partition coefficient (Wildman–Crippen LogP) is -0.478. The molecule has 0 aromatic rings. The minimum Gasteiger partial charge on any atom is -2.00 e. The van der Waals surface area contributed by atoms with E-state index < -0.39 is 0 Å². The molecule has 0 bridgehead atoms. The molecule has 0 saturated heterocycles. The van der Waals surface area contributed by atoms with Gasteiger partial charge in [0.25, 0.3) is 0 Å². The van der Waals surface area contributed by atoms with Crippen LogP contribution in [0.3, 0.4) is 0 Å². The van der Waals surface area contributed by atoms with Gasteiger partial charge in [-0.15, -0.1) is 0 Å². The summed E-state index contributed by atoms with van der Waals surface area (Å²) in [7, 11) is 0. The van der Waals surface area contributed by atoms with Gasteiger partial charge in [-0.05, 0) is 0 Å². The van der Waals surface area contributed by atoms with Crippen molar-refractivity contribution in [3.05, 3.63) is 0 Å². The van der Waals surface area contributed by atoms with Crippen molar-refractivity contribution < 1.29 is 81.2 Å². The Labute approximate surface area is 80.2 Å². The maximum atomic E-state index is 0. The van der Waals surface area contributed by atoms with Crippen molar-refractivity contribution in [2.75, 3.05) is 0 Å². The van der Waals surface area contributed by atoms with E-state index in [-0.39, 0.29) is 81.2 Å². The molecule has 0 aliphatic rings. The van der Waals surface area contributed by atoms with Crippen LogP contribution in [0.2, 0.25) is 0 Å².